The number of nitrogens with zero attached hydrogens (tertiary/aromatic N) is 2. The second kappa shape index (κ2) is 13.2. The summed E-state index contributed by atoms with van der Waals surface area (Å²) in [6.45, 7) is 4.38. The van der Waals surface area contributed by atoms with Crippen LogP contribution in [-0.2, 0) is 10.0 Å². The molecule has 0 aromatic heterocycles. The summed E-state index contributed by atoms with van der Waals surface area (Å²) >= 11 is 0. The topological polar surface area (TPSA) is 100 Å². The third-order valence-electron chi connectivity index (χ3n) is 7.52. The highest BCUT2D eigenvalue weighted by molar-refractivity contribution is 7.89. The van der Waals surface area contributed by atoms with Crippen LogP contribution in [0.3, 0.4) is 0 Å². The van der Waals surface area contributed by atoms with E-state index in [2.05, 4.69) is 19.8 Å². The van der Waals surface area contributed by atoms with Gasteiger partial charge in [0, 0.05) is 43.5 Å². The maximum atomic E-state index is 13.9. The first-order valence-electron chi connectivity index (χ1n) is 14.1. The van der Waals surface area contributed by atoms with Crippen molar-refractivity contribution in [3.63, 3.8) is 0 Å². The van der Waals surface area contributed by atoms with Crippen LogP contribution in [0.1, 0.15) is 28.9 Å². The first-order valence-corrected chi connectivity index (χ1v) is 15.6. The van der Waals surface area contributed by atoms with Crippen LogP contribution >= 0.6 is 0 Å². The van der Waals surface area contributed by atoms with E-state index >= 15 is 0 Å². The van der Waals surface area contributed by atoms with Crippen molar-refractivity contribution in [2.45, 2.75) is 17.9 Å². The Morgan fingerprint density at radius 2 is 1.44 bits per heavy atom. The van der Waals surface area contributed by atoms with E-state index in [0.29, 0.717) is 48.9 Å². The molecule has 43 heavy (non-hydrogen) atoms. The first kappa shape index (κ1) is 29.9. The van der Waals surface area contributed by atoms with Crippen molar-refractivity contribution >= 4 is 33.0 Å². The van der Waals surface area contributed by atoms with Gasteiger partial charge in [-0.15, -0.1) is 0 Å². The molecule has 9 nitrogen and oxygen atoms in total. The molecule has 1 heterocycles. The molecule has 1 amide bonds. The molecule has 0 spiro atoms. The summed E-state index contributed by atoms with van der Waals surface area (Å²) in [7, 11) is -0.803. The van der Waals surface area contributed by atoms with Crippen LogP contribution in [0.15, 0.2) is 102 Å². The average molecular weight is 601 g/mol. The van der Waals surface area contributed by atoms with Crippen molar-refractivity contribution in [2.24, 2.45) is 0 Å². The summed E-state index contributed by atoms with van der Waals surface area (Å²) in [6.07, 6.45) is 0. The van der Waals surface area contributed by atoms with E-state index in [9.17, 15) is 13.2 Å². The van der Waals surface area contributed by atoms with Gasteiger partial charge in [-0.3, -0.25) is 4.79 Å². The lowest BCUT2D eigenvalue weighted by molar-refractivity contribution is 0.102. The van der Waals surface area contributed by atoms with Crippen LogP contribution in [0.25, 0.3) is 0 Å². The Hall–Kier alpha value is -4.54. The Bertz CT molecular complexity index is 1670. The van der Waals surface area contributed by atoms with Gasteiger partial charge in [-0.05, 0) is 61.0 Å². The molecule has 0 bridgehead atoms. The Balaban J connectivity index is 1.43. The lowest BCUT2D eigenvalue weighted by atomic mass is 10.1. The van der Waals surface area contributed by atoms with Crippen LogP contribution in [0.4, 0.5) is 17.1 Å². The highest BCUT2D eigenvalue weighted by atomic mass is 32.2. The van der Waals surface area contributed by atoms with Crippen molar-refractivity contribution in [2.75, 3.05) is 55.5 Å². The van der Waals surface area contributed by atoms with Crippen LogP contribution in [-0.4, -0.2) is 54.7 Å². The van der Waals surface area contributed by atoms with Gasteiger partial charge in [-0.1, -0.05) is 48.5 Å². The number of ether oxygens (including phenoxy) is 2. The fourth-order valence-electron chi connectivity index (χ4n) is 5.22. The quantitative estimate of drug-likeness (QED) is 0.254. The van der Waals surface area contributed by atoms with Gasteiger partial charge < -0.3 is 24.6 Å². The van der Waals surface area contributed by atoms with Gasteiger partial charge >= 0.3 is 0 Å². The molecule has 0 radical (unpaired) electrons. The molecule has 0 unspecified atom stereocenters. The minimum Gasteiger partial charge on any atom is -0.497 e. The van der Waals surface area contributed by atoms with Crippen molar-refractivity contribution in [1.82, 2.24) is 4.72 Å². The molecular formula is C33H36N4O5S. The highest BCUT2D eigenvalue weighted by Crippen LogP contribution is 2.33. The average Bonchev–Trinajstić information content (AvgIpc) is 3.05. The number of hydrogen-bond donors (Lipinski definition) is 2. The number of rotatable bonds is 10. The predicted molar refractivity (Wildman–Crippen MR) is 170 cm³/mol. The van der Waals surface area contributed by atoms with Gasteiger partial charge in [0.2, 0.25) is 10.0 Å². The van der Waals surface area contributed by atoms with E-state index in [-0.39, 0.29) is 10.8 Å². The number of piperazine rings is 1. The monoisotopic (exact) mass is 600 g/mol. The lowest BCUT2D eigenvalue weighted by Gasteiger charge is -2.38. The standard InChI is InChI=1S/C33H36N4O5S/c1-24(25-10-5-4-6-11-25)35-43(39,40)32-23-27(34-33(38)26-12-9-13-28(22-26)41-2)16-17-30(32)37-20-18-36(19-21-37)29-14-7-8-15-31(29)42-3/h4-17,22-24,35H,18-21H2,1-3H3,(H,34,38)/t24-/m0/s1. The first-order chi connectivity index (χ1) is 20.8. The van der Waals surface area contributed by atoms with E-state index in [4.69, 9.17) is 9.47 Å². The molecule has 4 aromatic carbocycles. The van der Waals surface area contributed by atoms with E-state index in [0.717, 1.165) is 17.0 Å². The molecule has 5 rings (SSSR count). The summed E-state index contributed by atoms with van der Waals surface area (Å²) in [6, 6.07) is 28.6. The van der Waals surface area contributed by atoms with E-state index < -0.39 is 16.1 Å². The third-order valence-corrected chi connectivity index (χ3v) is 9.09. The normalized spacial score (nSPS) is 14.2. The third kappa shape index (κ3) is 6.93. The fourth-order valence-corrected chi connectivity index (χ4v) is 6.70. The number of sulfonamides is 1. The molecule has 1 aliphatic heterocycles. The van der Waals surface area contributed by atoms with E-state index in [1.54, 1.807) is 43.5 Å². The minimum absolute atomic E-state index is 0.101. The molecule has 224 valence electrons. The fraction of sp³-hybridized carbons (Fsp3) is 0.242. The minimum atomic E-state index is -3.99. The van der Waals surface area contributed by atoms with Crippen molar-refractivity contribution in [1.29, 1.82) is 0 Å². The zero-order valence-electron chi connectivity index (χ0n) is 24.5. The molecule has 10 heteroatoms. The van der Waals surface area contributed by atoms with E-state index in [1.165, 1.54) is 13.2 Å². The Labute approximate surface area is 253 Å². The summed E-state index contributed by atoms with van der Waals surface area (Å²) in [5, 5.41) is 2.85. The number of benzene rings is 4. The number of carbonyl (C=O) groups excluding carboxylic acids is 1. The number of nitrogens with one attached hydrogen (secondary N) is 2. The summed E-state index contributed by atoms with van der Waals surface area (Å²) < 4.78 is 41.5. The Morgan fingerprint density at radius 3 is 2.14 bits per heavy atom. The molecule has 0 aliphatic carbocycles. The number of amides is 1. The van der Waals surface area contributed by atoms with Gasteiger partial charge in [0.25, 0.3) is 5.91 Å². The van der Waals surface area contributed by atoms with Gasteiger partial charge in [0.05, 0.1) is 25.6 Å². The molecule has 1 atom stereocenters. The molecule has 0 saturated carbocycles. The molecule has 1 fully saturated rings. The van der Waals surface area contributed by atoms with E-state index in [1.807, 2.05) is 61.5 Å². The largest absolute Gasteiger partial charge is 0.497 e. The smallest absolute Gasteiger partial charge is 0.255 e. The molecule has 1 saturated heterocycles. The number of anilines is 3. The zero-order valence-corrected chi connectivity index (χ0v) is 25.3. The SMILES string of the molecule is COc1cccc(C(=O)Nc2ccc(N3CCN(c4ccccc4OC)CC3)c(S(=O)(=O)N[C@@H](C)c3ccccc3)c2)c1. The van der Waals surface area contributed by atoms with Crippen molar-refractivity contribution in [3.8, 4) is 11.5 Å². The van der Waals surface area contributed by atoms with Gasteiger partial charge in [-0.25, -0.2) is 13.1 Å². The van der Waals surface area contributed by atoms with Gasteiger partial charge in [0.15, 0.2) is 0 Å². The maximum absolute atomic E-state index is 13.9. The molecule has 2 N–H and O–H groups in total. The molecule has 1 aliphatic rings. The lowest BCUT2D eigenvalue weighted by Crippen LogP contribution is -2.47. The Morgan fingerprint density at radius 1 is 0.767 bits per heavy atom. The van der Waals surface area contributed by atoms with Crippen LogP contribution in [0.2, 0.25) is 0 Å². The summed E-state index contributed by atoms with van der Waals surface area (Å²) in [5.74, 6) is 0.984. The van der Waals surface area contributed by atoms with Crippen molar-refractivity contribution < 1.29 is 22.7 Å². The number of para-hydroxylation sites is 2. The molecule has 4 aromatic rings. The summed E-state index contributed by atoms with van der Waals surface area (Å²) in [4.78, 5) is 17.5. The van der Waals surface area contributed by atoms with Crippen molar-refractivity contribution in [3.05, 3.63) is 108 Å². The summed E-state index contributed by atoms with van der Waals surface area (Å²) in [5.41, 5.74) is 3.20. The van der Waals surface area contributed by atoms with Crippen LogP contribution < -0.4 is 29.3 Å². The van der Waals surface area contributed by atoms with Crippen LogP contribution in [0.5, 0.6) is 11.5 Å². The Kier molecular flexibility index (Phi) is 9.18. The molecular weight excluding hydrogens is 564 g/mol. The van der Waals surface area contributed by atoms with Gasteiger partial charge in [0.1, 0.15) is 16.4 Å². The number of carbonyl (C=O) groups is 1. The maximum Gasteiger partial charge on any atom is 0.255 e. The number of methoxy groups -OCH3 is 2. The zero-order chi connectivity index (χ0) is 30.4. The predicted octanol–water partition coefficient (Wildman–Crippen LogP) is 5.32. The number of hydrogen-bond acceptors (Lipinski definition) is 7. The second-order valence-electron chi connectivity index (χ2n) is 10.3. The van der Waals surface area contributed by atoms with Crippen LogP contribution in [0, 0.1) is 0 Å². The van der Waals surface area contributed by atoms with Gasteiger partial charge in [-0.2, -0.15) is 0 Å². The second-order valence-corrected chi connectivity index (χ2v) is 12.0. The highest BCUT2D eigenvalue weighted by Gasteiger charge is 2.28.